The number of aryl methyl sites for hydroxylation is 1. The zero-order valence-electron chi connectivity index (χ0n) is 10.8. The maximum Gasteiger partial charge on any atom is 0.317 e. The summed E-state index contributed by atoms with van der Waals surface area (Å²) in [7, 11) is 0. The second-order valence-corrected chi connectivity index (χ2v) is 4.83. The van der Waals surface area contributed by atoms with Gasteiger partial charge in [0.15, 0.2) is 0 Å². The normalized spacial score (nSPS) is 22.7. The van der Waals surface area contributed by atoms with E-state index >= 15 is 0 Å². The van der Waals surface area contributed by atoms with Crippen LogP contribution in [0.1, 0.15) is 30.6 Å². The Morgan fingerprint density at radius 2 is 2.11 bits per heavy atom. The maximum atomic E-state index is 9.96. The molecular formula is C14H21NO3. The first-order valence-corrected chi connectivity index (χ1v) is 6.12. The second kappa shape index (κ2) is 6.52. The summed E-state index contributed by atoms with van der Waals surface area (Å²) < 4.78 is 0. The van der Waals surface area contributed by atoms with Gasteiger partial charge in [0, 0.05) is 0 Å². The van der Waals surface area contributed by atoms with Gasteiger partial charge in [0.1, 0.15) is 0 Å². The Hall–Kier alpha value is -1.39. The Labute approximate surface area is 107 Å². The van der Waals surface area contributed by atoms with Crippen LogP contribution in [0, 0.1) is 18.8 Å². The van der Waals surface area contributed by atoms with Crippen LogP contribution in [0.3, 0.4) is 0 Å². The average Bonchev–Trinajstić information content (AvgIpc) is 3.06. The SMILES string of the molecule is Cc1cccc(C(O)C2CC2C)c1.NCC(=O)O. The number of hydrogen-bond donors (Lipinski definition) is 3. The van der Waals surface area contributed by atoms with Gasteiger partial charge in [-0.3, -0.25) is 4.79 Å². The summed E-state index contributed by atoms with van der Waals surface area (Å²) in [6.07, 6.45) is 0.935. The lowest BCUT2D eigenvalue weighted by Crippen LogP contribution is -2.10. The van der Waals surface area contributed by atoms with Gasteiger partial charge < -0.3 is 15.9 Å². The molecule has 4 N–H and O–H groups in total. The molecule has 3 atom stereocenters. The van der Waals surface area contributed by atoms with E-state index in [4.69, 9.17) is 5.11 Å². The van der Waals surface area contributed by atoms with Gasteiger partial charge in [0.2, 0.25) is 0 Å². The summed E-state index contributed by atoms with van der Waals surface area (Å²) in [5, 5.41) is 17.6. The van der Waals surface area contributed by atoms with Gasteiger partial charge in [-0.1, -0.05) is 36.8 Å². The minimum absolute atomic E-state index is 0.241. The Balaban J connectivity index is 0.000000280. The molecular weight excluding hydrogens is 230 g/mol. The summed E-state index contributed by atoms with van der Waals surface area (Å²) in [5.74, 6) is 0.238. The number of aliphatic hydroxyl groups is 1. The molecule has 1 fully saturated rings. The summed E-state index contributed by atoms with van der Waals surface area (Å²) in [6, 6.07) is 8.17. The summed E-state index contributed by atoms with van der Waals surface area (Å²) in [5.41, 5.74) is 6.88. The lowest BCUT2D eigenvalue weighted by atomic mass is 10.0. The summed E-state index contributed by atoms with van der Waals surface area (Å²) >= 11 is 0. The molecule has 0 saturated heterocycles. The Kier molecular flexibility index (Phi) is 5.31. The van der Waals surface area contributed by atoms with Crippen LogP contribution in [0.5, 0.6) is 0 Å². The van der Waals surface area contributed by atoms with E-state index in [1.807, 2.05) is 12.1 Å². The lowest BCUT2D eigenvalue weighted by molar-refractivity contribution is -0.135. The number of carboxylic acid groups (broad SMARTS) is 1. The van der Waals surface area contributed by atoms with Crippen LogP contribution in [-0.2, 0) is 4.79 Å². The van der Waals surface area contributed by atoms with Crippen molar-refractivity contribution in [2.24, 2.45) is 17.6 Å². The first kappa shape index (κ1) is 14.7. The molecule has 1 aromatic rings. The molecule has 3 unspecified atom stereocenters. The number of benzene rings is 1. The summed E-state index contributed by atoms with van der Waals surface area (Å²) in [4.78, 5) is 9.24. The van der Waals surface area contributed by atoms with Crippen molar-refractivity contribution in [1.82, 2.24) is 0 Å². The van der Waals surface area contributed by atoms with Crippen LogP contribution < -0.4 is 5.73 Å². The highest BCUT2D eigenvalue weighted by Gasteiger charge is 2.39. The molecule has 4 heteroatoms. The molecule has 1 aliphatic carbocycles. The fourth-order valence-electron chi connectivity index (χ4n) is 1.89. The van der Waals surface area contributed by atoms with Gasteiger partial charge in [-0.05, 0) is 30.7 Å². The van der Waals surface area contributed by atoms with Crippen molar-refractivity contribution in [2.75, 3.05) is 6.54 Å². The number of hydrogen-bond acceptors (Lipinski definition) is 3. The molecule has 0 spiro atoms. The van der Waals surface area contributed by atoms with Crippen LogP contribution in [0.2, 0.25) is 0 Å². The van der Waals surface area contributed by atoms with Gasteiger partial charge in [-0.2, -0.15) is 0 Å². The first-order chi connectivity index (χ1) is 8.45. The maximum absolute atomic E-state index is 9.96. The van der Waals surface area contributed by atoms with Crippen LogP contribution >= 0.6 is 0 Å². The van der Waals surface area contributed by atoms with Gasteiger partial charge in [0.05, 0.1) is 12.6 Å². The van der Waals surface area contributed by atoms with Crippen molar-refractivity contribution in [3.05, 3.63) is 35.4 Å². The van der Waals surface area contributed by atoms with E-state index in [1.165, 1.54) is 12.0 Å². The highest BCUT2D eigenvalue weighted by Crippen LogP contribution is 2.46. The molecule has 0 heterocycles. The predicted molar refractivity (Wildman–Crippen MR) is 70.1 cm³/mol. The minimum atomic E-state index is -0.968. The summed E-state index contributed by atoms with van der Waals surface area (Å²) in [6.45, 7) is 3.98. The van der Waals surface area contributed by atoms with Crippen molar-refractivity contribution in [2.45, 2.75) is 26.4 Å². The van der Waals surface area contributed by atoms with Crippen molar-refractivity contribution < 1.29 is 15.0 Å². The Bertz CT molecular complexity index is 406. The van der Waals surface area contributed by atoms with E-state index in [0.717, 1.165) is 5.56 Å². The second-order valence-electron chi connectivity index (χ2n) is 4.83. The third-order valence-electron chi connectivity index (χ3n) is 3.14. The van der Waals surface area contributed by atoms with Crippen molar-refractivity contribution in [3.63, 3.8) is 0 Å². The molecule has 4 nitrogen and oxygen atoms in total. The standard InChI is InChI=1S/C12H16O.C2H5NO2/c1-8-4-3-5-10(6-8)12(13)11-7-9(11)2;3-1-2(4)5/h3-6,9,11-13H,7H2,1-2H3;1,3H2,(H,4,5). The van der Waals surface area contributed by atoms with E-state index < -0.39 is 5.97 Å². The van der Waals surface area contributed by atoms with E-state index in [2.05, 4.69) is 31.7 Å². The number of nitrogens with two attached hydrogens (primary N) is 1. The monoisotopic (exact) mass is 251 g/mol. The van der Waals surface area contributed by atoms with Gasteiger partial charge in [-0.15, -0.1) is 0 Å². The molecule has 0 radical (unpaired) electrons. The van der Waals surface area contributed by atoms with Crippen molar-refractivity contribution in [1.29, 1.82) is 0 Å². The van der Waals surface area contributed by atoms with Crippen LogP contribution in [-0.4, -0.2) is 22.7 Å². The molecule has 0 amide bonds. The third kappa shape index (κ3) is 4.47. The smallest absolute Gasteiger partial charge is 0.317 e. The van der Waals surface area contributed by atoms with Gasteiger partial charge in [0.25, 0.3) is 0 Å². The van der Waals surface area contributed by atoms with Crippen molar-refractivity contribution >= 4 is 5.97 Å². The molecule has 0 aliphatic heterocycles. The number of rotatable bonds is 3. The quantitative estimate of drug-likeness (QED) is 0.763. The van der Waals surface area contributed by atoms with Crippen LogP contribution in [0.15, 0.2) is 24.3 Å². The fraction of sp³-hybridized carbons (Fsp3) is 0.500. The predicted octanol–water partition coefficient (Wildman–Crippen LogP) is 1.71. The fourth-order valence-corrected chi connectivity index (χ4v) is 1.89. The zero-order valence-corrected chi connectivity index (χ0v) is 10.8. The van der Waals surface area contributed by atoms with Gasteiger partial charge in [-0.25, -0.2) is 0 Å². The highest BCUT2D eigenvalue weighted by atomic mass is 16.4. The van der Waals surface area contributed by atoms with Crippen molar-refractivity contribution in [3.8, 4) is 0 Å². The Morgan fingerprint density at radius 3 is 2.50 bits per heavy atom. The molecule has 2 rings (SSSR count). The first-order valence-electron chi connectivity index (χ1n) is 6.12. The number of aliphatic carboxylic acids is 1. The largest absolute Gasteiger partial charge is 0.480 e. The molecule has 1 saturated carbocycles. The van der Waals surface area contributed by atoms with Crippen LogP contribution in [0.25, 0.3) is 0 Å². The number of carbonyl (C=O) groups is 1. The molecule has 0 bridgehead atoms. The zero-order chi connectivity index (χ0) is 13.7. The topological polar surface area (TPSA) is 83.5 Å². The van der Waals surface area contributed by atoms with E-state index in [9.17, 15) is 9.90 Å². The van der Waals surface area contributed by atoms with E-state index in [-0.39, 0.29) is 12.6 Å². The van der Waals surface area contributed by atoms with E-state index in [0.29, 0.717) is 11.8 Å². The minimum Gasteiger partial charge on any atom is -0.480 e. The lowest BCUT2D eigenvalue weighted by Gasteiger charge is -2.10. The van der Waals surface area contributed by atoms with Gasteiger partial charge >= 0.3 is 5.97 Å². The number of aliphatic hydroxyl groups excluding tert-OH is 1. The molecule has 0 aromatic heterocycles. The molecule has 1 aromatic carbocycles. The molecule has 18 heavy (non-hydrogen) atoms. The third-order valence-corrected chi connectivity index (χ3v) is 3.14. The Morgan fingerprint density at radius 1 is 1.56 bits per heavy atom. The molecule has 1 aliphatic rings. The van der Waals surface area contributed by atoms with Crippen LogP contribution in [0.4, 0.5) is 0 Å². The van der Waals surface area contributed by atoms with E-state index in [1.54, 1.807) is 0 Å². The average molecular weight is 251 g/mol. The highest BCUT2D eigenvalue weighted by molar-refractivity contribution is 5.68. The number of carboxylic acids is 1. The molecule has 100 valence electrons.